The van der Waals surface area contributed by atoms with Crippen molar-refractivity contribution in [1.82, 2.24) is 14.7 Å². The van der Waals surface area contributed by atoms with E-state index in [0.717, 1.165) is 24.3 Å². The van der Waals surface area contributed by atoms with Crippen LogP contribution >= 0.6 is 0 Å². The van der Waals surface area contributed by atoms with E-state index in [2.05, 4.69) is 14.7 Å². The third-order valence-electron chi connectivity index (χ3n) is 4.30. The molecule has 1 aromatic heterocycles. The molecule has 2 aromatic rings. The fourth-order valence-corrected chi connectivity index (χ4v) is 4.21. The first-order chi connectivity index (χ1) is 12.7. The molecular weight excluding hydrogens is 383 g/mol. The minimum absolute atomic E-state index is 0.0979. The fraction of sp³-hybridized carbons (Fsp3) is 0.412. The van der Waals surface area contributed by atoms with E-state index < -0.39 is 21.8 Å². The maximum Gasteiger partial charge on any atom is 0.416 e. The zero-order valence-electron chi connectivity index (χ0n) is 14.2. The average Bonchev–Trinajstić information content (AvgIpc) is 2.63. The van der Waals surface area contributed by atoms with E-state index in [1.165, 1.54) is 0 Å². The Bertz CT molecular complexity index is 850. The first-order valence-corrected chi connectivity index (χ1v) is 9.85. The zero-order valence-corrected chi connectivity index (χ0v) is 15.0. The number of nitrogens with zero attached hydrogens (tertiary/aromatic N) is 2. The van der Waals surface area contributed by atoms with Gasteiger partial charge in [0.25, 0.3) is 0 Å². The smallest absolute Gasteiger partial charge is 0.416 e. The molecule has 0 saturated heterocycles. The SMILES string of the molecule is O=S(=O)(NC1CCC(Oc2ncccn2)CC1)c1ccc(C(F)(F)F)cc1. The van der Waals surface area contributed by atoms with Crippen LogP contribution in [0.5, 0.6) is 6.01 Å². The summed E-state index contributed by atoms with van der Waals surface area (Å²) in [4.78, 5) is 7.79. The molecule has 6 nitrogen and oxygen atoms in total. The molecular formula is C17H18F3N3O3S. The number of nitrogens with one attached hydrogen (secondary N) is 1. The molecule has 0 spiro atoms. The van der Waals surface area contributed by atoms with Crippen LogP contribution in [-0.2, 0) is 16.2 Å². The third kappa shape index (κ3) is 5.16. The summed E-state index contributed by atoms with van der Waals surface area (Å²) >= 11 is 0. The van der Waals surface area contributed by atoms with Crippen LogP contribution in [-0.4, -0.2) is 30.5 Å². The van der Waals surface area contributed by atoms with Gasteiger partial charge >= 0.3 is 12.2 Å². The summed E-state index contributed by atoms with van der Waals surface area (Å²) in [5.41, 5.74) is -0.887. The molecule has 1 aliphatic rings. The lowest BCUT2D eigenvalue weighted by molar-refractivity contribution is -0.137. The Morgan fingerprint density at radius 3 is 2.15 bits per heavy atom. The van der Waals surface area contributed by atoms with Gasteiger partial charge in [-0.25, -0.2) is 23.1 Å². The van der Waals surface area contributed by atoms with Crippen LogP contribution in [0.25, 0.3) is 0 Å². The predicted octanol–water partition coefficient (Wildman–Crippen LogP) is 3.16. The van der Waals surface area contributed by atoms with Crippen LogP contribution in [0.3, 0.4) is 0 Å². The van der Waals surface area contributed by atoms with Crippen molar-refractivity contribution in [3.63, 3.8) is 0 Å². The Kier molecular flexibility index (Phi) is 5.66. The van der Waals surface area contributed by atoms with Gasteiger partial charge in [-0.2, -0.15) is 13.2 Å². The topological polar surface area (TPSA) is 81.2 Å². The maximum atomic E-state index is 12.6. The highest BCUT2D eigenvalue weighted by atomic mass is 32.2. The number of rotatable bonds is 5. The van der Waals surface area contributed by atoms with E-state index in [9.17, 15) is 21.6 Å². The summed E-state index contributed by atoms with van der Waals surface area (Å²) in [5.74, 6) is 0. The van der Waals surface area contributed by atoms with Crippen molar-refractivity contribution in [2.75, 3.05) is 0 Å². The van der Waals surface area contributed by atoms with Crippen LogP contribution in [0.15, 0.2) is 47.6 Å². The number of benzene rings is 1. The summed E-state index contributed by atoms with van der Waals surface area (Å²) in [6.45, 7) is 0. The molecule has 10 heteroatoms. The number of alkyl halides is 3. The van der Waals surface area contributed by atoms with Crippen molar-refractivity contribution in [1.29, 1.82) is 0 Å². The molecule has 27 heavy (non-hydrogen) atoms. The largest absolute Gasteiger partial charge is 0.460 e. The second-order valence-electron chi connectivity index (χ2n) is 6.27. The van der Waals surface area contributed by atoms with Crippen LogP contribution in [0.4, 0.5) is 13.2 Å². The third-order valence-corrected chi connectivity index (χ3v) is 5.84. The summed E-state index contributed by atoms with van der Waals surface area (Å²) in [7, 11) is -3.88. The molecule has 1 aliphatic carbocycles. The Morgan fingerprint density at radius 2 is 1.59 bits per heavy atom. The zero-order chi connectivity index (χ0) is 19.5. The molecule has 1 aromatic carbocycles. The number of sulfonamides is 1. The Hall–Kier alpha value is -2.20. The summed E-state index contributed by atoms with van der Waals surface area (Å²) < 4.78 is 70.8. The first kappa shape index (κ1) is 19.6. The lowest BCUT2D eigenvalue weighted by Gasteiger charge is -2.28. The second kappa shape index (κ2) is 7.81. The lowest BCUT2D eigenvalue weighted by atomic mass is 9.94. The molecule has 3 rings (SSSR count). The van der Waals surface area contributed by atoms with Gasteiger partial charge in [-0.1, -0.05) is 0 Å². The van der Waals surface area contributed by atoms with Crippen molar-refractivity contribution in [2.24, 2.45) is 0 Å². The highest BCUT2D eigenvalue weighted by Gasteiger charge is 2.31. The van der Waals surface area contributed by atoms with Crippen LogP contribution in [0.1, 0.15) is 31.2 Å². The van der Waals surface area contributed by atoms with Gasteiger partial charge in [-0.3, -0.25) is 0 Å². The Balaban J connectivity index is 1.56. The van der Waals surface area contributed by atoms with E-state index in [1.54, 1.807) is 18.5 Å². The van der Waals surface area contributed by atoms with E-state index in [-0.39, 0.29) is 23.1 Å². The fourth-order valence-electron chi connectivity index (χ4n) is 2.90. The average molecular weight is 401 g/mol. The van der Waals surface area contributed by atoms with Gasteiger partial charge in [-0.15, -0.1) is 0 Å². The Labute approximate surface area is 154 Å². The minimum Gasteiger partial charge on any atom is -0.460 e. The van der Waals surface area contributed by atoms with E-state index >= 15 is 0 Å². The number of ether oxygens (including phenoxy) is 1. The summed E-state index contributed by atoms with van der Waals surface area (Å²) in [6.07, 6.45) is 0.903. The highest BCUT2D eigenvalue weighted by molar-refractivity contribution is 7.89. The van der Waals surface area contributed by atoms with Crippen molar-refractivity contribution >= 4 is 10.0 Å². The van der Waals surface area contributed by atoms with Crippen LogP contribution in [0.2, 0.25) is 0 Å². The molecule has 0 atom stereocenters. The van der Waals surface area contributed by atoms with Gasteiger partial charge in [0.15, 0.2) is 0 Å². The summed E-state index contributed by atoms with van der Waals surface area (Å²) in [5, 5.41) is 0. The van der Waals surface area contributed by atoms with Gasteiger partial charge < -0.3 is 4.74 Å². The van der Waals surface area contributed by atoms with Gasteiger partial charge in [0.2, 0.25) is 10.0 Å². The molecule has 0 amide bonds. The number of hydrogen-bond donors (Lipinski definition) is 1. The maximum absolute atomic E-state index is 12.6. The van der Waals surface area contributed by atoms with E-state index in [1.807, 2.05) is 0 Å². The van der Waals surface area contributed by atoms with Crippen molar-refractivity contribution < 1.29 is 26.3 Å². The van der Waals surface area contributed by atoms with Crippen molar-refractivity contribution in [3.05, 3.63) is 48.3 Å². The molecule has 1 N–H and O–H groups in total. The van der Waals surface area contributed by atoms with Crippen LogP contribution in [0, 0.1) is 0 Å². The molecule has 1 heterocycles. The number of halogens is 3. The molecule has 0 bridgehead atoms. The van der Waals surface area contributed by atoms with Gasteiger partial charge in [0, 0.05) is 18.4 Å². The standard InChI is InChI=1S/C17H18F3N3O3S/c18-17(19,20)12-2-8-15(9-3-12)27(24,25)23-13-4-6-14(7-5-13)26-16-21-10-1-11-22-16/h1-3,8-11,13-14,23H,4-7H2. The highest BCUT2D eigenvalue weighted by Crippen LogP contribution is 2.30. The Morgan fingerprint density at radius 1 is 1.00 bits per heavy atom. The van der Waals surface area contributed by atoms with Crippen molar-refractivity contribution in [2.45, 2.75) is 48.9 Å². The molecule has 146 valence electrons. The molecule has 0 unspecified atom stereocenters. The van der Waals surface area contributed by atoms with E-state index in [4.69, 9.17) is 4.74 Å². The predicted molar refractivity (Wildman–Crippen MR) is 90.5 cm³/mol. The first-order valence-electron chi connectivity index (χ1n) is 8.37. The van der Waals surface area contributed by atoms with Crippen LogP contribution < -0.4 is 9.46 Å². The summed E-state index contributed by atoms with van der Waals surface area (Å²) in [6, 6.07) is 5.12. The monoisotopic (exact) mass is 401 g/mol. The number of hydrogen-bond acceptors (Lipinski definition) is 5. The molecule has 1 fully saturated rings. The lowest BCUT2D eigenvalue weighted by Crippen LogP contribution is -2.39. The normalized spacial score (nSPS) is 21.0. The molecule has 0 aliphatic heterocycles. The molecule has 1 saturated carbocycles. The minimum atomic E-state index is -4.50. The van der Waals surface area contributed by atoms with Gasteiger partial charge in [0.05, 0.1) is 10.5 Å². The molecule has 0 radical (unpaired) electrons. The van der Waals surface area contributed by atoms with Gasteiger partial charge in [0.1, 0.15) is 6.10 Å². The second-order valence-corrected chi connectivity index (χ2v) is 7.98. The van der Waals surface area contributed by atoms with E-state index in [0.29, 0.717) is 25.7 Å². The van der Waals surface area contributed by atoms with Gasteiger partial charge in [-0.05, 0) is 56.0 Å². The quantitative estimate of drug-likeness (QED) is 0.832. The van der Waals surface area contributed by atoms with Crippen molar-refractivity contribution in [3.8, 4) is 6.01 Å². The number of aromatic nitrogens is 2.